The number of amidine groups is 1. The predicted octanol–water partition coefficient (Wildman–Crippen LogP) is 12.9. The lowest BCUT2D eigenvalue weighted by molar-refractivity contribution is 0.338. The topological polar surface area (TPSA) is 28.5 Å². The first-order valence-corrected chi connectivity index (χ1v) is 19.3. The van der Waals surface area contributed by atoms with E-state index in [2.05, 4.69) is 197 Å². The van der Waals surface area contributed by atoms with Crippen LogP contribution in [-0.2, 0) is 5.41 Å². The van der Waals surface area contributed by atoms with Crippen molar-refractivity contribution in [2.75, 3.05) is 4.90 Å². The van der Waals surface area contributed by atoms with Gasteiger partial charge in [0.05, 0.1) is 28.4 Å². The number of hydrogen-bond acceptors (Lipinski definition) is 3. The maximum atomic E-state index is 5.10. The van der Waals surface area contributed by atoms with Gasteiger partial charge >= 0.3 is 0 Å². The SMILES string of the molecule is CC1=NC(C)(C)C(C)(C)N1c1cncc(-c2cc3c(c4ccccc24)-c2ccc(-c4ccc5ccccc5c4)cc2C3(c2ccccc2)c2ccccc2)c1. The number of benzene rings is 7. The van der Waals surface area contributed by atoms with Crippen LogP contribution < -0.4 is 4.90 Å². The normalized spacial score (nSPS) is 16.2. The summed E-state index contributed by atoms with van der Waals surface area (Å²) in [5.41, 5.74) is 12.4. The average molecular weight is 710 g/mol. The molecule has 3 heteroatoms. The molecule has 0 unspecified atom stereocenters. The van der Waals surface area contributed by atoms with Crippen LogP contribution in [0.4, 0.5) is 5.69 Å². The zero-order valence-corrected chi connectivity index (χ0v) is 32.0. The molecule has 0 radical (unpaired) electrons. The van der Waals surface area contributed by atoms with Crippen LogP contribution in [0.15, 0.2) is 175 Å². The van der Waals surface area contributed by atoms with E-state index in [9.17, 15) is 0 Å². The fraction of sp³-hybridized carbons (Fsp3) is 0.154. The minimum Gasteiger partial charge on any atom is -0.321 e. The van der Waals surface area contributed by atoms with Gasteiger partial charge in [-0.25, -0.2) is 0 Å². The highest BCUT2D eigenvalue weighted by molar-refractivity contribution is 6.11. The summed E-state index contributed by atoms with van der Waals surface area (Å²) in [6.07, 6.45) is 4.02. The fourth-order valence-electron chi connectivity index (χ4n) is 9.61. The molecule has 55 heavy (non-hydrogen) atoms. The molecule has 10 rings (SSSR count). The lowest BCUT2D eigenvalue weighted by Crippen LogP contribution is -2.53. The number of fused-ring (bicyclic) bond motifs is 6. The highest BCUT2D eigenvalue weighted by Gasteiger charge is 2.49. The summed E-state index contributed by atoms with van der Waals surface area (Å²) >= 11 is 0. The van der Waals surface area contributed by atoms with E-state index in [1.165, 1.54) is 71.6 Å². The van der Waals surface area contributed by atoms with Crippen LogP contribution in [0.1, 0.15) is 56.9 Å². The van der Waals surface area contributed by atoms with Crippen molar-refractivity contribution < 1.29 is 0 Å². The van der Waals surface area contributed by atoms with Crippen molar-refractivity contribution in [3.8, 4) is 33.4 Å². The molecule has 1 aliphatic heterocycles. The molecular formula is C52H43N3. The van der Waals surface area contributed by atoms with Gasteiger partial charge in [-0.15, -0.1) is 0 Å². The summed E-state index contributed by atoms with van der Waals surface area (Å²) < 4.78 is 0. The number of aliphatic imine (C=N–C) groups is 1. The van der Waals surface area contributed by atoms with Crippen molar-refractivity contribution in [2.24, 2.45) is 4.99 Å². The van der Waals surface area contributed by atoms with Crippen molar-refractivity contribution in [2.45, 2.75) is 51.1 Å². The molecular weight excluding hydrogens is 667 g/mol. The van der Waals surface area contributed by atoms with Gasteiger partial charge in [0.1, 0.15) is 5.84 Å². The number of rotatable bonds is 5. The Bertz CT molecular complexity index is 2790. The van der Waals surface area contributed by atoms with Crippen molar-refractivity contribution in [1.29, 1.82) is 0 Å². The molecule has 1 aliphatic carbocycles. The second-order valence-electron chi connectivity index (χ2n) is 16.2. The Kier molecular flexibility index (Phi) is 7.32. The van der Waals surface area contributed by atoms with Crippen molar-refractivity contribution in [1.82, 2.24) is 4.98 Å². The maximum absolute atomic E-state index is 5.10. The zero-order chi connectivity index (χ0) is 37.5. The molecule has 0 atom stereocenters. The van der Waals surface area contributed by atoms with Gasteiger partial charge in [0.25, 0.3) is 0 Å². The number of anilines is 1. The third kappa shape index (κ3) is 4.82. The lowest BCUT2D eigenvalue weighted by atomic mass is 9.67. The second-order valence-corrected chi connectivity index (χ2v) is 16.2. The van der Waals surface area contributed by atoms with Crippen LogP contribution >= 0.6 is 0 Å². The molecule has 3 nitrogen and oxygen atoms in total. The Hall–Kier alpha value is -6.32. The summed E-state index contributed by atoms with van der Waals surface area (Å²) in [6.45, 7) is 11.1. The van der Waals surface area contributed by atoms with Gasteiger partial charge < -0.3 is 4.90 Å². The van der Waals surface area contributed by atoms with Gasteiger partial charge in [0.15, 0.2) is 0 Å². The van der Waals surface area contributed by atoms with E-state index in [-0.39, 0.29) is 11.1 Å². The molecule has 1 aromatic heterocycles. The molecule has 0 bridgehead atoms. The van der Waals surface area contributed by atoms with E-state index >= 15 is 0 Å². The summed E-state index contributed by atoms with van der Waals surface area (Å²) in [4.78, 5) is 12.4. The molecule has 0 fully saturated rings. The third-order valence-corrected chi connectivity index (χ3v) is 12.8. The van der Waals surface area contributed by atoms with Crippen molar-refractivity contribution >= 4 is 33.1 Å². The Morgan fingerprint density at radius 2 is 1.11 bits per heavy atom. The minimum absolute atomic E-state index is 0.225. The number of hydrogen-bond donors (Lipinski definition) is 0. The van der Waals surface area contributed by atoms with Gasteiger partial charge in [0.2, 0.25) is 0 Å². The standard InChI is InChI=1S/C52H43N3/c1-34-54-50(2,3)51(4,5)55(34)42-29-39(32-53-33-42)46-31-48-49(44-23-15-14-22-43(44)46)45-27-26-38(37-25-24-35-16-12-13-17-36(35)28-37)30-47(45)52(48,40-18-8-6-9-19-40)41-20-10-7-11-21-41/h6-33H,1-5H3. The smallest absolute Gasteiger partial charge is 0.102 e. The molecule has 0 amide bonds. The first kappa shape index (κ1) is 33.3. The van der Waals surface area contributed by atoms with E-state index in [4.69, 9.17) is 9.98 Å². The van der Waals surface area contributed by atoms with Crippen molar-refractivity contribution in [3.63, 3.8) is 0 Å². The molecule has 2 aliphatic rings. The van der Waals surface area contributed by atoms with E-state index < -0.39 is 5.41 Å². The molecule has 0 saturated carbocycles. The Morgan fingerprint density at radius 1 is 0.491 bits per heavy atom. The molecule has 0 spiro atoms. The summed E-state index contributed by atoms with van der Waals surface area (Å²) in [5.74, 6) is 1.01. The third-order valence-electron chi connectivity index (χ3n) is 12.8. The Balaban J connectivity index is 1.27. The molecule has 2 heterocycles. The largest absolute Gasteiger partial charge is 0.321 e. The van der Waals surface area contributed by atoms with Gasteiger partial charge in [0, 0.05) is 11.8 Å². The average Bonchev–Trinajstić information content (AvgIpc) is 3.60. The highest BCUT2D eigenvalue weighted by atomic mass is 15.3. The highest BCUT2D eigenvalue weighted by Crippen LogP contribution is 2.59. The van der Waals surface area contributed by atoms with Crippen LogP contribution in [0.25, 0.3) is 54.9 Å². The van der Waals surface area contributed by atoms with Gasteiger partial charge in [-0.3, -0.25) is 9.98 Å². The van der Waals surface area contributed by atoms with E-state index in [1.54, 1.807) is 0 Å². The molecule has 8 aromatic rings. The maximum Gasteiger partial charge on any atom is 0.102 e. The lowest BCUT2D eigenvalue weighted by Gasteiger charge is -2.41. The summed E-state index contributed by atoms with van der Waals surface area (Å²) in [7, 11) is 0. The fourth-order valence-corrected chi connectivity index (χ4v) is 9.61. The predicted molar refractivity (Wildman–Crippen MR) is 231 cm³/mol. The number of pyridine rings is 1. The molecule has 0 N–H and O–H groups in total. The molecule has 266 valence electrons. The minimum atomic E-state index is -0.575. The van der Waals surface area contributed by atoms with E-state index in [0.717, 1.165) is 17.1 Å². The van der Waals surface area contributed by atoms with E-state index in [1.807, 2.05) is 12.4 Å². The zero-order valence-electron chi connectivity index (χ0n) is 32.0. The van der Waals surface area contributed by atoms with Crippen LogP contribution in [-0.4, -0.2) is 21.9 Å². The van der Waals surface area contributed by atoms with Crippen LogP contribution in [0, 0.1) is 0 Å². The number of aromatic nitrogens is 1. The first-order chi connectivity index (χ1) is 26.7. The quantitative estimate of drug-likeness (QED) is 0.178. The number of nitrogens with zero attached hydrogens (tertiary/aromatic N) is 3. The van der Waals surface area contributed by atoms with Gasteiger partial charge in [-0.1, -0.05) is 133 Å². The van der Waals surface area contributed by atoms with Crippen LogP contribution in [0.2, 0.25) is 0 Å². The molecule has 7 aromatic carbocycles. The summed E-state index contributed by atoms with van der Waals surface area (Å²) in [6, 6.07) is 58.6. The van der Waals surface area contributed by atoms with Crippen molar-refractivity contribution in [3.05, 3.63) is 192 Å². The Morgan fingerprint density at radius 3 is 1.80 bits per heavy atom. The first-order valence-electron chi connectivity index (χ1n) is 19.3. The monoisotopic (exact) mass is 709 g/mol. The van der Waals surface area contributed by atoms with Gasteiger partial charge in [-0.05, 0) is 131 Å². The van der Waals surface area contributed by atoms with E-state index in [0.29, 0.717) is 0 Å². The Labute approximate surface area is 323 Å². The summed E-state index contributed by atoms with van der Waals surface area (Å²) in [5, 5.41) is 4.96. The van der Waals surface area contributed by atoms with Crippen LogP contribution in [0.3, 0.4) is 0 Å². The second kappa shape index (κ2) is 12.1. The molecule has 0 saturated heterocycles. The van der Waals surface area contributed by atoms with Gasteiger partial charge in [-0.2, -0.15) is 0 Å². The van der Waals surface area contributed by atoms with Crippen LogP contribution in [0.5, 0.6) is 0 Å².